The Bertz CT molecular complexity index is 839. The minimum absolute atomic E-state index is 0.00108. The number of ether oxygens (including phenoxy) is 1. The maximum absolute atomic E-state index is 12.8. The standard InChI is InChI=1S/C21H29N5O3/c1-25-13-16(12-23-25)20-15(5-4-10-29-20)11-22-19-8-2-7-18(24-19)21(28)26-9-3-6-17(26)14-27/h2,7-8,12-13,15,17,20,27H,3-6,9-11,14H2,1H3,(H,22,24)/t15-,17?,20+/m0/s1. The van der Waals surface area contributed by atoms with Crippen molar-refractivity contribution in [1.82, 2.24) is 19.7 Å². The molecule has 2 fully saturated rings. The van der Waals surface area contributed by atoms with E-state index in [9.17, 15) is 9.90 Å². The number of aliphatic hydroxyl groups is 1. The number of aryl methyl sites for hydroxylation is 1. The number of amides is 1. The number of nitrogens with zero attached hydrogens (tertiary/aromatic N) is 4. The summed E-state index contributed by atoms with van der Waals surface area (Å²) in [4.78, 5) is 19.1. The van der Waals surface area contributed by atoms with E-state index in [2.05, 4.69) is 15.4 Å². The molecule has 8 heteroatoms. The number of rotatable bonds is 6. The van der Waals surface area contributed by atoms with Crippen LogP contribution in [0, 0.1) is 5.92 Å². The Kier molecular flexibility index (Phi) is 6.10. The third-order valence-electron chi connectivity index (χ3n) is 5.86. The normalized spacial score (nSPS) is 24.6. The number of pyridine rings is 1. The molecule has 0 aromatic carbocycles. The van der Waals surface area contributed by atoms with Crippen LogP contribution in [0.5, 0.6) is 0 Å². The number of nitrogens with one attached hydrogen (secondary N) is 1. The van der Waals surface area contributed by atoms with E-state index in [1.807, 2.05) is 31.6 Å². The van der Waals surface area contributed by atoms with Crippen molar-refractivity contribution in [3.63, 3.8) is 0 Å². The van der Waals surface area contributed by atoms with Crippen LogP contribution in [-0.4, -0.2) is 63.0 Å². The topological polar surface area (TPSA) is 92.5 Å². The zero-order valence-electron chi connectivity index (χ0n) is 16.8. The Hall–Kier alpha value is -2.45. The molecule has 8 nitrogen and oxygen atoms in total. The van der Waals surface area contributed by atoms with Gasteiger partial charge in [0, 0.05) is 44.4 Å². The minimum Gasteiger partial charge on any atom is -0.394 e. The predicted octanol–water partition coefficient (Wildman–Crippen LogP) is 1.99. The average Bonchev–Trinajstić information content (AvgIpc) is 3.41. The molecule has 2 aromatic rings. The molecule has 2 saturated heterocycles. The number of hydrogen-bond donors (Lipinski definition) is 2. The molecule has 2 aromatic heterocycles. The molecule has 2 aliphatic heterocycles. The van der Waals surface area contributed by atoms with E-state index < -0.39 is 0 Å². The molecule has 0 saturated carbocycles. The largest absolute Gasteiger partial charge is 0.394 e. The van der Waals surface area contributed by atoms with Crippen molar-refractivity contribution in [3.05, 3.63) is 41.9 Å². The van der Waals surface area contributed by atoms with Crippen molar-refractivity contribution in [2.45, 2.75) is 37.8 Å². The summed E-state index contributed by atoms with van der Waals surface area (Å²) in [7, 11) is 1.91. The molecule has 29 heavy (non-hydrogen) atoms. The minimum atomic E-state index is -0.112. The van der Waals surface area contributed by atoms with Gasteiger partial charge in [-0.15, -0.1) is 0 Å². The van der Waals surface area contributed by atoms with E-state index in [0.717, 1.165) is 37.9 Å². The lowest BCUT2D eigenvalue weighted by Gasteiger charge is -2.31. The lowest BCUT2D eigenvalue weighted by atomic mass is 9.91. The number of carbonyl (C=O) groups is 1. The molecule has 0 spiro atoms. The average molecular weight is 399 g/mol. The summed E-state index contributed by atoms with van der Waals surface area (Å²) in [6, 6.07) is 5.37. The third kappa shape index (κ3) is 4.43. The SMILES string of the molecule is Cn1cc([C@@H]2OCCC[C@H]2CNc2cccc(C(=O)N3CCCC3CO)n2)cn1. The van der Waals surface area contributed by atoms with E-state index in [4.69, 9.17) is 4.74 Å². The number of carbonyl (C=O) groups excluding carboxylic acids is 1. The predicted molar refractivity (Wildman–Crippen MR) is 108 cm³/mol. The summed E-state index contributed by atoms with van der Waals surface area (Å²) in [5.41, 5.74) is 1.51. The Morgan fingerprint density at radius 2 is 2.24 bits per heavy atom. The molecule has 3 atom stereocenters. The van der Waals surface area contributed by atoms with Gasteiger partial charge in [-0.05, 0) is 37.8 Å². The lowest BCUT2D eigenvalue weighted by molar-refractivity contribution is -0.0239. The van der Waals surface area contributed by atoms with Crippen molar-refractivity contribution in [2.75, 3.05) is 31.6 Å². The molecular formula is C21H29N5O3. The fourth-order valence-corrected chi connectivity index (χ4v) is 4.34. The Morgan fingerprint density at radius 1 is 1.34 bits per heavy atom. The zero-order chi connectivity index (χ0) is 20.2. The van der Waals surface area contributed by atoms with E-state index in [1.165, 1.54) is 0 Å². The first kappa shape index (κ1) is 19.8. The van der Waals surface area contributed by atoms with Crippen LogP contribution in [0.15, 0.2) is 30.6 Å². The molecule has 156 valence electrons. The van der Waals surface area contributed by atoms with Crippen molar-refractivity contribution in [1.29, 1.82) is 0 Å². The van der Waals surface area contributed by atoms with Gasteiger partial charge < -0.3 is 20.1 Å². The summed E-state index contributed by atoms with van der Waals surface area (Å²) in [5.74, 6) is 0.886. The molecule has 1 amide bonds. The van der Waals surface area contributed by atoms with Gasteiger partial charge in [0.2, 0.25) is 0 Å². The smallest absolute Gasteiger partial charge is 0.272 e. The van der Waals surface area contributed by atoms with Crippen LogP contribution in [0.2, 0.25) is 0 Å². The maximum atomic E-state index is 12.8. The van der Waals surface area contributed by atoms with Crippen molar-refractivity contribution in [3.8, 4) is 0 Å². The second-order valence-electron chi connectivity index (χ2n) is 7.91. The Morgan fingerprint density at radius 3 is 3.03 bits per heavy atom. The molecule has 4 heterocycles. The number of hydrogen-bond acceptors (Lipinski definition) is 6. The fourth-order valence-electron chi connectivity index (χ4n) is 4.34. The van der Waals surface area contributed by atoms with Crippen LogP contribution in [-0.2, 0) is 11.8 Å². The molecule has 2 aliphatic rings. The molecular weight excluding hydrogens is 370 g/mol. The summed E-state index contributed by atoms with van der Waals surface area (Å²) in [6.07, 6.45) is 7.76. The molecule has 2 N–H and O–H groups in total. The van der Waals surface area contributed by atoms with Crippen LogP contribution >= 0.6 is 0 Å². The molecule has 0 aliphatic carbocycles. The monoisotopic (exact) mass is 399 g/mol. The summed E-state index contributed by atoms with van der Waals surface area (Å²) in [6.45, 7) is 2.16. The lowest BCUT2D eigenvalue weighted by Crippen LogP contribution is -2.38. The van der Waals surface area contributed by atoms with E-state index in [-0.39, 0.29) is 24.7 Å². The highest BCUT2D eigenvalue weighted by atomic mass is 16.5. The van der Waals surface area contributed by atoms with Crippen molar-refractivity contribution in [2.24, 2.45) is 13.0 Å². The van der Waals surface area contributed by atoms with Gasteiger partial charge in [0.1, 0.15) is 11.5 Å². The van der Waals surface area contributed by atoms with Gasteiger partial charge in [0.05, 0.1) is 24.9 Å². The fraction of sp³-hybridized carbons (Fsp3) is 0.571. The van der Waals surface area contributed by atoms with Crippen LogP contribution in [0.4, 0.5) is 5.82 Å². The van der Waals surface area contributed by atoms with E-state index in [0.29, 0.717) is 30.5 Å². The van der Waals surface area contributed by atoms with Crippen LogP contribution < -0.4 is 5.32 Å². The number of likely N-dealkylation sites (tertiary alicyclic amines) is 1. The Balaban J connectivity index is 1.42. The van der Waals surface area contributed by atoms with Gasteiger partial charge in [0.15, 0.2) is 0 Å². The van der Waals surface area contributed by atoms with Gasteiger partial charge >= 0.3 is 0 Å². The second kappa shape index (κ2) is 8.92. The van der Waals surface area contributed by atoms with Gasteiger partial charge in [-0.25, -0.2) is 4.98 Å². The molecule has 0 bridgehead atoms. The van der Waals surface area contributed by atoms with E-state index in [1.54, 1.807) is 15.6 Å². The first-order valence-electron chi connectivity index (χ1n) is 10.4. The van der Waals surface area contributed by atoms with Crippen LogP contribution in [0.3, 0.4) is 0 Å². The number of aromatic nitrogens is 3. The Labute approximate surface area is 170 Å². The molecule has 4 rings (SSSR count). The van der Waals surface area contributed by atoms with E-state index >= 15 is 0 Å². The third-order valence-corrected chi connectivity index (χ3v) is 5.86. The zero-order valence-corrected chi connectivity index (χ0v) is 16.8. The van der Waals surface area contributed by atoms with Crippen molar-refractivity contribution >= 4 is 11.7 Å². The van der Waals surface area contributed by atoms with Gasteiger partial charge in [-0.3, -0.25) is 9.48 Å². The maximum Gasteiger partial charge on any atom is 0.272 e. The summed E-state index contributed by atoms with van der Waals surface area (Å²) in [5, 5.41) is 17.2. The first-order valence-corrected chi connectivity index (χ1v) is 10.4. The van der Waals surface area contributed by atoms with Crippen LogP contribution in [0.1, 0.15) is 47.8 Å². The highest BCUT2D eigenvalue weighted by Crippen LogP contribution is 2.33. The number of anilines is 1. The summed E-state index contributed by atoms with van der Waals surface area (Å²) < 4.78 is 7.83. The summed E-state index contributed by atoms with van der Waals surface area (Å²) >= 11 is 0. The van der Waals surface area contributed by atoms with Crippen molar-refractivity contribution < 1.29 is 14.6 Å². The molecule has 0 radical (unpaired) electrons. The number of aliphatic hydroxyl groups excluding tert-OH is 1. The second-order valence-corrected chi connectivity index (χ2v) is 7.91. The highest BCUT2D eigenvalue weighted by Gasteiger charge is 2.30. The highest BCUT2D eigenvalue weighted by molar-refractivity contribution is 5.93. The van der Waals surface area contributed by atoms with Crippen LogP contribution in [0.25, 0.3) is 0 Å². The van der Waals surface area contributed by atoms with Gasteiger partial charge in [-0.2, -0.15) is 5.10 Å². The first-order chi connectivity index (χ1) is 14.2. The van der Waals surface area contributed by atoms with Gasteiger partial charge in [0.25, 0.3) is 5.91 Å². The molecule has 1 unspecified atom stereocenters. The quantitative estimate of drug-likeness (QED) is 0.772. The van der Waals surface area contributed by atoms with Gasteiger partial charge in [-0.1, -0.05) is 6.07 Å².